The van der Waals surface area contributed by atoms with Crippen LogP contribution in [0.15, 0.2) is 84.0 Å². The summed E-state index contributed by atoms with van der Waals surface area (Å²) in [5.74, 6) is 2.15. The molecule has 176 valence electrons. The van der Waals surface area contributed by atoms with Crippen molar-refractivity contribution in [1.29, 1.82) is 0 Å². The van der Waals surface area contributed by atoms with E-state index in [1.165, 1.54) is 17.3 Å². The maximum atomic E-state index is 10.5. The van der Waals surface area contributed by atoms with E-state index in [-0.39, 0.29) is 5.41 Å². The van der Waals surface area contributed by atoms with Crippen molar-refractivity contribution in [3.8, 4) is 17.3 Å². The average Bonchev–Trinajstić information content (AvgIpc) is 3.59. The number of aromatic nitrogens is 5. The number of furan rings is 1. The molecule has 0 fully saturated rings. The summed E-state index contributed by atoms with van der Waals surface area (Å²) >= 11 is 5.85. The summed E-state index contributed by atoms with van der Waals surface area (Å²) < 4.78 is 12.6. The number of para-hydroxylation sites is 2. The number of fused-ring (bicyclic) bond motifs is 1. The Morgan fingerprint density at radius 2 is 1.82 bits per heavy atom. The van der Waals surface area contributed by atoms with Crippen molar-refractivity contribution >= 4 is 22.6 Å². The normalized spacial score (nSPS) is 13.2. The summed E-state index contributed by atoms with van der Waals surface area (Å²) in [6.45, 7) is 5.81. The first-order valence-electron chi connectivity index (χ1n) is 10.7. The van der Waals surface area contributed by atoms with E-state index in [1.807, 2.05) is 57.2 Å². The van der Waals surface area contributed by atoms with E-state index in [9.17, 15) is 5.11 Å². The Labute approximate surface area is 202 Å². The van der Waals surface area contributed by atoms with Gasteiger partial charge in [0.1, 0.15) is 24.5 Å². The molecule has 0 spiro atoms. The quantitative estimate of drug-likeness (QED) is 0.333. The number of imidazole rings is 1. The zero-order chi connectivity index (χ0) is 24.1. The third-order valence-corrected chi connectivity index (χ3v) is 5.32. The van der Waals surface area contributed by atoms with Crippen molar-refractivity contribution in [3.63, 3.8) is 0 Å². The van der Waals surface area contributed by atoms with Gasteiger partial charge >= 0.3 is 0 Å². The molecule has 0 saturated heterocycles. The van der Waals surface area contributed by atoms with Crippen LogP contribution in [0.2, 0.25) is 5.02 Å². The van der Waals surface area contributed by atoms with Gasteiger partial charge in [0.25, 0.3) is 0 Å². The molecular formula is C25H26ClN5O3. The predicted octanol–water partition coefficient (Wildman–Crippen LogP) is 5.74. The van der Waals surface area contributed by atoms with Crippen LogP contribution in [0.1, 0.15) is 27.0 Å². The number of hydrogen-bond acceptors (Lipinski definition) is 6. The van der Waals surface area contributed by atoms with Crippen molar-refractivity contribution in [3.05, 3.63) is 84.6 Å². The highest BCUT2D eigenvalue weighted by Gasteiger charge is 2.34. The molecule has 2 N–H and O–H groups in total. The van der Waals surface area contributed by atoms with E-state index in [1.54, 1.807) is 30.5 Å². The number of nitrogens with zero attached hydrogens (tertiary/aromatic N) is 4. The SMILES string of the molecule is CC(C)(C)C(O)C(Oc1ccc(Cl)cc1)n1cncn1.c1coc(-c2nc3ccccc3[nH]2)c1. The van der Waals surface area contributed by atoms with Gasteiger partial charge in [0.2, 0.25) is 6.23 Å². The molecule has 3 aromatic heterocycles. The highest BCUT2D eigenvalue weighted by Crippen LogP contribution is 2.30. The van der Waals surface area contributed by atoms with Gasteiger partial charge in [-0.2, -0.15) is 5.10 Å². The van der Waals surface area contributed by atoms with Crippen molar-refractivity contribution in [2.24, 2.45) is 5.41 Å². The van der Waals surface area contributed by atoms with Crippen LogP contribution >= 0.6 is 11.6 Å². The second-order valence-electron chi connectivity index (χ2n) is 8.73. The minimum atomic E-state index is -0.750. The zero-order valence-electron chi connectivity index (χ0n) is 19.1. The van der Waals surface area contributed by atoms with Gasteiger partial charge in [-0.3, -0.25) is 0 Å². The van der Waals surface area contributed by atoms with E-state index in [4.69, 9.17) is 20.8 Å². The highest BCUT2D eigenvalue weighted by molar-refractivity contribution is 6.30. The van der Waals surface area contributed by atoms with Gasteiger partial charge in [0.05, 0.1) is 17.3 Å². The molecule has 2 unspecified atom stereocenters. The number of nitrogens with one attached hydrogen (secondary N) is 1. The number of ether oxygens (including phenoxy) is 1. The average molecular weight is 480 g/mol. The fourth-order valence-corrected chi connectivity index (χ4v) is 3.30. The van der Waals surface area contributed by atoms with Crippen LogP contribution in [-0.4, -0.2) is 35.9 Å². The largest absolute Gasteiger partial charge is 0.466 e. The van der Waals surface area contributed by atoms with Gasteiger partial charge in [0.15, 0.2) is 11.6 Å². The number of benzene rings is 2. The summed E-state index contributed by atoms with van der Waals surface area (Å²) in [7, 11) is 0. The number of aliphatic hydroxyl groups excluding tert-OH is 1. The summed E-state index contributed by atoms with van der Waals surface area (Å²) in [5, 5.41) is 15.2. The van der Waals surface area contributed by atoms with Gasteiger partial charge in [-0.1, -0.05) is 44.5 Å². The molecule has 5 aromatic rings. The number of aliphatic hydroxyl groups is 1. The monoisotopic (exact) mass is 479 g/mol. The summed E-state index contributed by atoms with van der Waals surface area (Å²) in [6, 6.07) is 18.6. The molecule has 0 radical (unpaired) electrons. The van der Waals surface area contributed by atoms with Gasteiger partial charge in [0, 0.05) is 5.02 Å². The van der Waals surface area contributed by atoms with Crippen molar-refractivity contribution in [2.75, 3.05) is 0 Å². The Bertz CT molecular complexity index is 1260. The Morgan fingerprint density at radius 3 is 2.44 bits per heavy atom. The molecule has 9 heteroatoms. The lowest BCUT2D eigenvalue weighted by Gasteiger charge is -2.32. The molecule has 0 saturated carbocycles. The maximum Gasteiger partial charge on any atom is 0.219 e. The van der Waals surface area contributed by atoms with Crippen molar-refractivity contribution in [2.45, 2.75) is 33.1 Å². The lowest BCUT2D eigenvalue weighted by atomic mass is 9.88. The van der Waals surface area contributed by atoms with Crippen molar-refractivity contribution in [1.82, 2.24) is 24.7 Å². The van der Waals surface area contributed by atoms with Gasteiger partial charge < -0.3 is 19.2 Å². The number of hydrogen-bond donors (Lipinski definition) is 2. The van der Waals surface area contributed by atoms with Crippen molar-refractivity contribution < 1.29 is 14.3 Å². The van der Waals surface area contributed by atoms with Crippen LogP contribution in [0.25, 0.3) is 22.6 Å². The third kappa shape index (κ3) is 5.65. The predicted molar refractivity (Wildman–Crippen MR) is 130 cm³/mol. The summed E-state index contributed by atoms with van der Waals surface area (Å²) in [4.78, 5) is 11.5. The fourth-order valence-electron chi connectivity index (χ4n) is 3.18. The fraction of sp³-hybridized carbons (Fsp3) is 0.240. The number of rotatable bonds is 5. The van der Waals surface area contributed by atoms with Crippen LogP contribution in [0.4, 0.5) is 0 Å². The van der Waals surface area contributed by atoms with Crippen LogP contribution < -0.4 is 4.74 Å². The molecule has 5 rings (SSSR count). The lowest BCUT2D eigenvalue weighted by Crippen LogP contribution is -2.38. The highest BCUT2D eigenvalue weighted by atomic mass is 35.5. The molecule has 0 bridgehead atoms. The third-order valence-electron chi connectivity index (χ3n) is 5.07. The standard InChI is InChI=1S/C14H18ClN3O2.C11H8N2O/c1-14(2,3)12(19)13(18-9-16-8-17-18)20-11-6-4-10(15)5-7-11;1-2-5-9-8(4-1)12-11(13-9)10-6-3-7-14-10/h4-9,12-13,19H,1-3H3;1-7H,(H,12,13). The second kappa shape index (κ2) is 10.1. The first kappa shape index (κ1) is 23.5. The Kier molecular flexibility index (Phi) is 7.00. The second-order valence-corrected chi connectivity index (χ2v) is 9.16. The maximum absolute atomic E-state index is 10.5. The van der Waals surface area contributed by atoms with Crippen LogP contribution in [0.3, 0.4) is 0 Å². The van der Waals surface area contributed by atoms with Crippen LogP contribution in [-0.2, 0) is 0 Å². The molecule has 2 aromatic carbocycles. The van der Waals surface area contributed by atoms with Gasteiger partial charge in [-0.15, -0.1) is 0 Å². The van der Waals surface area contributed by atoms with E-state index in [0.717, 1.165) is 22.6 Å². The van der Waals surface area contributed by atoms with Gasteiger partial charge in [-0.05, 0) is 53.9 Å². The van der Waals surface area contributed by atoms with E-state index in [2.05, 4.69) is 20.1 Å². The molecule has 0 aliphatic rings. The summed E-state index contributed by atoms with van der Waals surface area (Å²) in [5.41, 5.74) is 1.63. The number of halogens is 1. The topological polar surface area (TPSA) is 102 Å². The van der Waals surface area contributed by atoms with Crippen LogP contribution in [0, 0.1) is 5.41 Å². The molecule has 0 aliphatic carbocycles. The first-order chi connectivity index (χ1) is 16.3. The first-order valence-corrected chi connectivity index (χ1v) is 11.1. The Balaban J connectivity index is 0.000000170. The molecule has 8 nitrogen and oxygen atoms in total. The minimum absolute atomic E-state index is 0.358. The van der Waals surface area contributed by atoms with Crippen LogP contribution in [0.5, 0.6) is 5.75 Å². The Hall–Kier alpha value is -3.62. The van der Waals surface area contributed by atoms with E-state index in [0.29, 0.717) is 10.8 Å². The minimum Gasteiger partial charge on any atom is -0.466 e. The molecular weight excluding hydrogens is 454 g/mol. The van der Waals surface area contributed by atoms with E-state index < -0.39 is 12.3 Å². The molecule has 2 atom stereocenters. The number of aromatic amines is 1. The lowest BCUT2D eigenvalue weighted by molar-refractivity contribution is -0.0731. The van der Waals surface area contributed by atoms with E-state index >= 15 is 0 Å². The zero-order valence-corrected chi connectivity index (χ0v) is 19.8. The smallest absolute Gasteiger partial charge is 0.219 e. The number of H-pyrrole nitrogens is 1. The molecule has 34 heavy (non-hydrogen) atoms. The molecule has 3 heterocycles. The molecule has 0 amide bonds. The molecule has 0 aliphatic heterocycles. The van der Waals surface area contributed by atoms with Gasteiger partial charge in [-0.25, -0.2) is 14.6 Å². The Morgan fingerprint density at radius 1 is 1.06 bits per heavy atom. The summed E-state index contributed by atoms with van der Waals surface area (Å²) in [6.07, 6.45) is 3.17.